The van der Waals surface area contributed by atoms with Gasteiger partial charge in [0.15, 0.2) is 0 Å². The summed E-state index contributed by atoms with van der Waals surface area (Å²) in [7, 11) is 0. The Morgan fingerprint density at radius 3 is 2.52 bits per heavy atom. The van der Waals surface area contributed by atoms with Crippen LogP contribution in [0.25, 0.3) is 0 Å². The van der Waals surface area contributed by atoms with Crippen LogP contribution in [0.2, 0.25) is 0 Å². The molecule has 0 aliphatic carbocycles. The number of nitrogens with zero attached hydrogens (tertiary/aromatic N) is 2. The van der Waals surface area contributed by atoms with Crippen molar-refractivity contribution in [2.24, 2.45) is 5.73 Å². The largest absolute Gasteiger partial charge is 0.480 e. The Kier molecular flexibility index (Phi) is 4.82. The Balaban J connectivity index is 2.32. The van der Waals surface area contributed by atoms with Crippen molar-refractivity contribution in [3.05, 3.63) is 42.5 Å². The van der Waals surface area contributed by atoms with E-state index in [9.17, 15) is 9.59 Å². The van der Waals surface area contributed by atoms with Crippen LogP contribution in [0.15, 0.2) is 36.9 Å². The zero-order chi connectivity index (χ0) is 16.8. The highest BCUT2D eigenvalue weighted by Crippen LogP contribution is 2.23. The Bertz CT molecular complexity index is 747. The number of hydrogen-bond acceptors (Lipinski definition) is 7. The monoisotopic (exact) mass is 314 g/mol. The highest BCUT2D eigenvalue weighted by Gasteiger charge is 2.14. The van der Waals surface area contributed by atoms with E-state index >= 15 is 0 Å². The van der Waals surface area contributed by atoms with Gasteiger partial charge in [-0.1, -0.05) is 0 Å². The lowest BCUT2D eigenvalue weighted by Gasteiger charge is -2.13. The number of carbonyl (C=O) groups excluding carboxylic acids is 1. The molecule has 1 aromatic heterocycles. The second-order valence-electron chi connectivity index (χ2n) is 4.50. The number of hydrogen-bond donors (Lipinski definition) is 5. The lowest BCUT2D eigenvalue weighted by Crippen LogP contribution is -2.25. The van der Waals surface area contributed by atoms with Gasteiger partial charge in [0, 0.05) is 16.9 Å². The fourth-order valence-electron chi connectivity index (χ4n) is 1.82. The standard InChI is InChI=1S/C14H14N6O3/c15-13(14(16)23)10-3-8(20-9-4-17-7-18-5-9)1-2-11(10)19-6-12(21)22/h1-5,7,15,19-20H,6H2,(H2,16,23)(H,21,22). The molecule has 0 radical (unpaired) electrons. The molecule has 1 heterocycles. The normalized spacial score (nSPS) is 9.91. The van der Waals surface area contributed by atoms with Crippen molar-refractivity contribution >= 4 is 34.7 Å². The number of carboxylic acid groups (broad SMARTS) is 1. The average molecular weight is 314 g/mol. The molecule has 1 amide bonds. The molecule has 9 nitrogen and oxygen atoms in total. The number of primary amides is 1. The maximum absolute atomic E-state index is 11.3. The molecule has 9 heteroatoms. The van der Waals surface area contributed by atoms with E-state index in [-0.39, 0.29) is 12.1 Å². The summed E-state index contributed by atoms with van der Waals surface area (Å²) in [5.74, 6) is -1.98. The van der Waals surface area contributed by atoms with Gasteiger partial charge in [-0.05, 0) is 18.2 Å². The fraction of sp³-hybridized carbons (Fsp3) is 0.0714. The lowest BCUT2D eigenvalue weighted by atomic mass is 10.1. The van der Waals surface area contributed by atoms with E-state index in [4.69, 9.17) is 16.2 Å². The number of aliphatic carboxylic acids is 1. The molecule has 0 saturated heterocycles. The molecule has 6 N–H and O–H groups in total. The van der Waals surface area contributed by atoms with Crippen LogP contribution in [0.3, 0.4) is 0 Å². The predicted molar refractivity (Wildman–Crippen MR) is 83.9 cm³/mol. The first-order chi connectivity index (χ1) is 11.0. The molecule has 0 spiro atoms. The summed E-state index contributed by atoms with van der Waals surface area (Å²) in [6, 6.07) is 4.74. The first-order valence-corrected chi connectivity index (χ1v) is 6.48. The summed E-state index contributed by atoms with van der Waals surface area (Å²) in [5, 5.41) is 22.2. The van der Waals surface area contributed by atoms with Gasteiger partial charge in [0.25, 0.3) is 5.91 Å². The molecule has 0 aliphatic rings. The van der Waals surface area contributed by atoms with Crippen molar-refractivity contribution in [2.45, 2.75) is 0 Å². The third kappa shape index (κ3) is 4.24. The van der Waals surface area contributed by atoms with Gasteiger partial charge < -0.3 is 21.5 Å². The maximum Gasteiger partial charge on any atom is 0.322 e. The quantitative estimate of drug-likeness (QED) is 0.468. The summed E-state index contributed by atoms with van der Waals surface area (Å²) < 4.78 is 0. The van der Waals surface area contributed by atoms with Gasteiger partial charge in [-0.25, -0.2) is 9.97 Å². The average Bonchev–Trinajstić information content (AvgIpc) is 2.53. The summed E-state index contributed by atoms with van der Waals surface area (Å²) in [4.78, 5) is 29.7. The van der Waals surface area contributed by atoms with Crippen LogP contribution < -0.4 is 16.4 Å². The first kappa shape index (κ1) is 15.9. The van der Waals surface area contributed by atoms with Crippen LogP contribution in [0, 0.1) is 5.41 Å². The summed E-state index contributed by atoms with van der Waals surface area (Å²) in [5.41, 5.74) is 6.43. The Morgan fingerprint density at radius 1 is 1.22 bits per heavy atom. The molecule has 2 aromatic rings. The van der Waals surface area contributed by atoms with E-state index in [2.05, 4.69) is 20.6 Å². The van der Waals surface area contributed by atoms with Crippen molar-refractivity contribution in [3.63, 3.8) is 0 Å². The second-order valence-corrected chi connectivity index (χ2v) is 4.50. The third-order valence-electron chi connectivity index (χ3n) is 2.81. The minimum absolute atomic E-state index is 0.195. The smallest absolute Gasteiger partial charge is 0.322 e. The van der Waals surface area contributed by atoms with Crippen molar-refractivity contribution in [3.8, 4) is 0 Å². The van der Waals surface area contributed by atoms with E-state index in [1.165, 1.54) is 12.4 Å². The van der Waals surface area contributed by atoms with Crippen LogP contribution in [0.5, 0.6) is 0 Å². The van der Waals surface area contributed by atoms with Gasteiger partial charge in [-0.3, -0.25) is 15.0 Å². The number of amides is 1. The van der Waals surface area contributed by atoms with Gasteiger partial charge in [-0.15, -0.1) is 0 Å². The predicted octanol–water partition coefficient (Wildman–Crippen LogP) is 0.570. The molecule has 0 fully saturated rings. The third-order valence-corrected chi connectivity index (χ3v) is 2.81. The lowest BCUT2D eigenvalue weighted by molar-refractivity contribution is -0.134. The van der Waals surface area contributed by atoms with E-state index in [1.54, 1.807) is 24.5 Å². The van der Waals surface area contributed by atoms with Gasteiger partial charge in [0.1, 0.15) is 18.6 Å². The van der Waals surface area contributed by atoms with Crippen LogP contribution in [-0.4, -0.2) is 39.2 Å². The van der Waals surface area contributed by atoms with E-state index in [0.29, 0.717) is 17.1 Å². The zero-order valence-electron chi connectivity index (χ0n) is 11.9. The molecule has 0 aliphatic heterocycles. The van der Waals surface area contributed by atoms with E-state index in [0.717, 1.165) is 0 Å². The van der Waals surface area contributed by atoms with Crippen LogP contribution in [0.4, 0.5) is 17.1 Å². The molecule has 0 bridgehead atoms. The van der Waals surface area contributed by atoms with Gasteiger partial charge in [0.2, 0.25) is 0 Å². The van der Waals surface area contributed by atoms with Crippen LogP contribution in [0.1, 0.15) is 5.56 Å². The molecule has 23 heavy (non-hydrogen) atoms. The number of carboxylic acids is 1. The van der Waals surface area contributed by atoms with Crippen molar-refractivity contribution in [1.29, 1.82) is 5.41 Å². The zero-order valence-corrected chi connectivity index (χ0v) is 11.9. The molecule has 0 saturated carbocycles. The second kappa shape index (κ2) is 6.98. The van der Waals surface area contributed by atoms with Crippen LogP contribution >= 0.6 is 0 Å². The molecular formula is C14H14N6O3. The number of carbonyl (C=O) groups is 2. The Labute approximate surface area is 131 Å². The number of benzene rings is 1. The number of nitrogens with one attached hydrogen (secondary N) is 3. The van der Waals surface area contributed by atoms with Gasteiger partial charge in [-0.2, -0.15) is 0 Å². The van der Waals surface area contributed by atoms with Crippen molar-refractivity contribution in [2.75, 3.05) is 17.2 Å². The minimum Gasteiger partial charge on any atom is -0.480 e. The SMILES string of the molecule is N=C(C(N)=O)c1cc(Nc2cncnc2)ccc1NCC(=O)O. The summed E-state index contributed by atoms with van der Waals surface area (Å²) in [6.45, 7) is -0.349. The fourth-order valence-corrected chi connectivity index (χ4v) is 1.82. The summed E-state index contributed by atoms with van der Waals surface area (Å²) >= 11 is 0. The molecular weight excluding hydrogens is 300 g/mol. The molecule has 1 aromatic carbocycles. The van der Waals surface area contributed by atoms with Gasteiger partial charge >= 0.3 is 5.97 Å². The number of rotatable bonds is 7. The molecule has 0 unspecified atom stereocenters. The Hall–Kier alpha value is -3.49. The van der Waals surface area contributed by atoms with Crippen LogP contribution in [-0.2, 0) is 9.59 Å². The van der Waals surface area contributed by atoms with Crippen molar-refractivity contribution in [1.82, 2.24) is 9.97 Å². The number of nitrogens with two attached hydrogens (primary N) is 1. The highest BCUT2D eigenvalue weighted by molar-refractivity contribution is 6.44. The minimum atomic E-state index is -1.06. The Morgan fingerprint density at radius 2 is 1.91 bits per heavy atom. The number of anilines is 3. The molecule has 2 rings (SSSR count). The molecule has 118 valence electrons. The highest BCUT2D eigenvalue weighted by atomic mass is 16.4. The molecule has 0 atom stereocenters. The maximum atomic E-state index is 11.3. The first-order valence-electron chi connectivity index (χ1n) is 6.48. The van der Waals surface area contributed by atoms with Crippen molar-refractivity contribution < 1.29 is 14.7 Å². The number of aromatic nitrogens is 2. The summed E-state index contributed by atoms with van der Waals surface area (Å²) in [6.07, 6.45) is 4.50. The van der Waals surface area contributed by atoms with E-state index in [1.807, 2.05) is 0 Å². The van der Waals surface area contributed by atoms with Gasteiger partial charge in [0.05, 0.1) is 18.1 Å². The topological polar surface area (TPSA) is 154 Å². The van der Waals surface area contributed by atoms with E-state index < -0.39 is 17.6 Å².